The molecule has 0 saturated carbocycles. The van der Waals surface area contributed by atoms with Crippen molar-refractivity contribution in [2.45, 2.75) is 13.8 Å². The normalized spacial score (nSPS) is 10.8. The van der Waals surface area contributed by atoms with Gasteiger partial charge >= 0.3 is 0 Å². The quantitative estimate of drug-likeness (QED) is 0.521. The van der Waals surface area contributed by atoms with E-state index in [4.69, 9.17) is 9.47 Å². The van der Waals surface area contributed by atoms with Crippen LogP contribution in [0.25, 0.3) is 0 Å². The Balaban J connectivity index is 3.00. The number of hydrogen-bond acceptors (Lipinski definition) is 3. The molecule has 0 unspecified atom stereocenters. The van der Waals surface area contributed by atoms with E-state index in [2.05, 4.69) is 0 Å². The molecule has 0 aliphatic heterocycles. The predicted molar refractivity (Wildman–Crippen MR) is 40.7 cm³/mol. The largest absolute Gasteiger partial charge is 0.366 e. The highest BCUT2D eigenvalue weighted by Crippen LogP contribution is 1.84. The second kappa shape index (κ2) is 6.99. The molecule has 0 amide bonds. The molecule has 0 spiro atoms. The zero-order chi connectivity index (χ0) is 7.82. The molecule has 0 aromatic heterocycles. The van der Waals surface area contributed by atoms with E-state index in [1.165, 1.54) is 0 Å². The molecular formula is C7H17NO2. The number of rotatable bonds is 6. The van der Waals surface area contributed by atoms with Crippen molar-refractivity contribution in [2.24, 2.45) is 0 Å². The summed E-state index contributed by atoms with van der Waals surface area (Å²) in [6.45, 7) is 6.78. The van der Waals surface area contributed by atoms with Crippen LogP contribution in [0.3, 0.4) is 0 Å². The minimum absolute atomic E-state index is 0.649. The second-order valence-corrected chi connectivity index (χ2v) is 2.10. The second-order valence-electron chi connectivity index (χ2n) is 2.10. The van der Waals surface area contributed by atoms with Crippen LogP contribution in [0, 0.1) is 0 Å². The van der Waals surface area contributed by atoms with E-state index < -0.39 is 0 Å². The third kappa shape index (κ3) is 6.01. The smallest absolute Gasteiger partial charge is 0.100 e. The Kier molecular flexibility index (Phi) is 6.91. The van der Waals surface area contributed by atoms with Crippen LogP contribution >= 0.6 is 0 Å². The number of ether oxygens (including phenoxy) is 2. The Morgan fingerprint density at radius 3 is 1.70 bits per heavy atom. The van der Waals surface area contributed by atoms with Crippen molar-refractivity contribution >= 4 is 0 Å². The standard InChI is InChI=1S/C7H17NO2/c1-4-9-6-8(3)7-10-5-2/h4-7H2,1-3H3. The van der Waals surface area contributed by atoms with Crippen molar-refractivity contribution in [1.82, 2.24) is 4.90 Å². The van der Waals surface area contributed by atoms with Gasteiger partial charge in [-0.2, -0.15) is 0 Å². The van der Waals surface area contributed by atoms with Crippen molar-refractivity contribution in [1.29, 1.82) is 0 Å². The van der Waals surface area contributed by atoms with Crippen molar-refractivity contribution in [3.63, 3.8) is 0 Å². The average molecular weight is 147 g/mol. The Morgan fingerprint density at radius 2 is 1.40 bits per heavy atom. The summed E-state index contributed by atoms with van der Waals surface area (Å²) >= 11 is 0. The summed E-state index contributed by atoms with van der Waals surface area (Å²) in [6.07, 6.45) is 0. The summed E-state index contributed by atoms with van der Waals surface area (Å²) in [5.41, 5.74) is 0. The van der Waals surface area contributed by atoms with Crippen LogP contribution in [0.5, 0.6) is 0 Å². The van der Waals surface area contributed by atoms with Crippen LogP contribution in [0.4, 0.5) is 0 Å². The Hall–Kier alpha value is -0.120. The molecule has 0 aromatic rings. The molecule has 0 heterocycles. The van der Waals surface area contributed by atoms with Crippen LogP contribution in [-0.4, -0.2) is 38.6 Å². The molecule has 0 atom stereocenters. The Labute approximate surface area is 62.9 Å². The summed E-state index contributed by atoms with van der Waals surface area (Å²) in [7, 11) is 1.96. The molecule has 10 heavy (non-hydrogen) atoms. The Bertz CT molecular complexity index is 60.6. The lowest BCUT2D eigenvalue weighted by Gasteiger charge is -2.15. The first kappa shape index (κ1) is 9.88. The van der Waals surface area contributed by atoms with Crippen molar-refractivity contribution < 1.29 is 9.47 Å². The summed E-state index contributed by atoms with van der Waals surface area (Å²) in [6, 6.07) is 0. The number of nitrogens with zero attached hydrogens (tertiary/aromatic N) is 1. The van der Waals surface area contributed by atoms with Gasteiger partial charge in [0.1, 0.15) is 13.5 Å². The molecule has 0 saturated heterocycles. The van der Waals surface area contributed by atoms with Gasteiger partial charge in [0.25, 0.3) is 0 Å². The minimum atomic E-state index is 0.649. The fraction of sp³-hybridized carbons (Fsp3) is 1.00. The highest BCUT2D eigenvalue weighted by atomic mass is 16.5. The van der Waals surface area contributed by atoms with Gasteiger partial charge in [-0.25, -0.2) is 0 Å². The van der Waals surface area contributed by atoms with Crippen molar-refractivity contribution in [3.8, 4) is 0 Å². The fourth-order valence-corrected chi connectivity index (χ4v) is 0.532. The van der Waals surface area contributed by atoms with Crippen LogP contribution in [0.2, 0.25) is 0 Å². The fourth-order valence-electron chi connectivity index (χ4n) is 0.532. The van der Waals surface area contributed by atoms with Gasteiger partial charge in [-0.05, 0) is 20.9 Å². The average Bonchev–Trinajstić information content (AvgIpc) is 1.97. The summed E-state index contributed by atoms with van der Waals surface area (Å²) in [5.74, 6) is 0. The van der Waals surface area contributed by atoms with E-state index in [0.717, 1.165) is 13.2 Å². The van der Waals surface area contributed by atoms with Gasteiger partial charge in [0.2, 0.25) is 0 Å². The van der Waals surface area contributed by atoms with Crippen LogP contribution in [0.1, 0.15) is 13.8 Å². The summed E-state index contributed by atoms with van der Waals surface area (Å²) < 4.78 is 10.3. The van der Waals surface area contributed by atoms with Gasteiger partial charge in [0, 0.05) is 13.2 Å². The SMILES string of the molecule is CCOCN(C)COCC. The lowest BCUT2D eigenvalue weighted by molar-refractivity contribution is -0.0242. The molecule has 0 N–H and O–H groups in total. The van der Waals surface area contributed by atoms with Crippen molar-refractivity contribution in [3.05, 3.63) is 0 Å². The first-order valence-electron chi connectivity index (χ1n) is 3.65. The first-order chi connectivity index (χ1) is 4.81. The Morgan fingerprint density at radius 1 is 1.00 bits per heavy atom. The maximum absolute atomic E-state index is 5.14. The van der Waals surface area contributed by atoms with E-state index in [1.807, 2.05) is 25.8 Å². The van der Waals surface area contributed by atoms with E-state index >= 15 is 0 Å². The van der Waals surface area contributed by atoms with E-state index in [9.17, 15) is 0 Å². The maximum Gasteiger partial charge on any atom is 0.100 e. The highest BCUT2D eigenvalue weighted by molar-refractivity contribution is 4.31. The minimum Gasteiger partial charge on any atom is -0.366 e. The third-order valence-corrected chi connectivity index (χ3v) is 1.03. The molecule has 62 valence electrons. The molecule has 3 nitrogen and oxygen atoms in total. The molecule has 0 radical (unpaired) electrons. The highest BCUT2D eigenvalue weighted by Gasteiger charge is 1.94. The van der Waals surface area contributed by atoms with Gasteiger partial charge in [0.05, 0.1) is 0 Å². The topological polar surface area (TPSA) is 21.7 Å². The zero-order valence-electron chi connectivity index (χ0n) is 7.09. The van der Waals surface area contributed by atoms with Crippen molar-refractivity contribution in [2.75, 3.05) is 33.7 Å². The molecule has 3 heteroatoms. The summed E-state index contributed by atoms with van der Waals surface area (Å²) in [5, 5.41) is 0. The van der Waals surface area contributed by atoms with Gasteiger partial charge in [0.15, 0.2) is 0 Å². The van der Waals surface area contributed by atoms with Crippen LogP contribution < -0.4 is 0 Å². The van der Waals surface area contributed by atoms with E-state index in [-0.39, 0.29) is 0 Å². The molecule has 0 aliphatic carbocycles. The first-order valence-corrected chi connectivity index (χ1v) is 3.65. The lowest BCUT2D eigenvalue weighted by Crippen LogP contribution is -2.24. The maximum atomic E-state index is 5.14. The zero-order valence-corrected chi connectivity index (χ0v) is 7.09. The molecular weight excluding hydrogens is 130 g/mol. The lowest BCUT2D eigenvalue weighted by atomic mass is 10.8. The molecule has 0 aromatic carbocycles. The predicted octanol–water partition coefficient (Wildman–Crippen LogP) is 0.906. The van der Waals surface area contributed by atoms with Gasteiger partial charge in [-0.3, -0.25) is 4.90 Å². The van der Waals surface area contributed by atoms with Gasteiger partial charge < -0.3 is 9.47 Å². The monoisotopic (exact) mass is 147 g/mol. The molecule has 0 bridgehead atoms. The van der Waals surface area contributed by atoms with E-state index in [1.54, 1.807) is 0 Å². The van der Waals surface area contributed by atoms with Crippen LogP contribution in [0.15, 0.2) is 0 Å². The molecule has 0 fully saturated rings. The van der Waals surface area contributed by atoms with Gasteiger partial charge in [-0.15, -0.1) is 0 Å². The number of hydrogen-bond donors (Lipinski definition) is 0. The summed E-state index contributed by atoms with van der Waals surface area (Å²) in [4.78, 5) is 1.98. The molecule has 0 aliphatic rings. The van der Waals surface area contributed by atoms with Gasteiger partial charge in [-0.1, -0.05) is 0 Å². The third-order valence-electron chi connectivity index (χ3n) is 1.03. The van der Waals surface area contributed by atoms with Crippen LogP contribution in [-0.2, 0) is 9.47 Å². The molecule has 0 rings (SSSR count). The van der Waals surface area contributed by atoms with E-state index in [0.29, 0.717) is 13.5 Å².